The molecule has 5 heteroatoms. The van der Waals surface area contributed by atoms with Gasteiger partial charge in [0, 0.05) is 23.8 Å². The second-order valence-electron chi connectivity index (χ2n) is 3.99. The highest BCUT2D eigenvalue weighted by molar-refractivity contribution is 7.15. The Morgan fingerprint density at radius 2 is 2.00 bits per heavy atom. The van der Waals surface area contributed by atoms with E-state index in [9.17, 15) is 0 Å². The Labute approximate surface area is 112 Å². The van der Waals surface area contributed by atoms with Crippen molar-refractivity contribution < 1.29 is 0 Å². The lowest BCUT2D eigenvalue weighted by Crippen LogP contribution is -2.11. The van der Waals surface area contributed by atoms with Crippen LogP contribution in [-0.4, -0.2) is 21.5 Å². The van der Waals surface area contributed by atoms with E-state index in [-0.39, 0.29) is 0 Å². The molecule has 0 bridgehead atoms. The highest BCUT2D eigenvalue weighted by atomic mass is 32.1. The molecule has 2 aromatic rings. The molecular weight excluding hydrogens is 244 g/mol. The second-order valence-corrected chi connectivity index (χ2v) is 5.08. The smallest absolute Gasteiger partial charge is 0.188 e. The zero-order chi connectivity index (χ0) is 12.8. The first-order valence-corrected chi connectivity index (χ1v) is 7.13. The molecule has 0 saturated heterocycles. The van der Waals surface area contributed by atoms with E-state index in [2.05, 4.69) is 34.1 Å². The van der Waals surface area contributed by atoms with Crippen molar-refractivity contribution in [1.29, 1.82) is 0 Å². The van der Waals surface area contributed by atoms with Crippen molar-refractivity contribution in [2.75, 3.05) is 6.54 Å². The van der Waals surface area contributed by atoms with Crippen molar-refractivity contribution in [1.82, 2.24) is 20.3 Å². The molecule has 0 radical (unpaired) electrons. The number of hydrogen-bond donors (Lipinski definition) is 1. The summed E-state index contributed by atoms with van der Waals surface area (Å²) in [4.78, 5) is 14.5. The highest BCUT2D eigenvalue weighted by Crippen LogP contribution is 2.26. The lowest BCUT2D eigenvalue weighted by Gasteiger charge is -2.00. The Hall–Kier alpha value is -1.33. The predicted molar refractivity (Wildman–Crippen MR) is 74.5 cm³/mol. The van der Waals surface area contributed by atoms with Gasteiger partial charge in [-0.1, -0.05) is 20.3 Å². The fourth-order valence-corrected chi connectivity index (χ4v) is 2.72. The van der Waals surface area contributed by atoms with Crippen LogP contribution in [0.25, 0.3) is 10.8 Å². The van der Waals surface area contributed by atoms with Crippen LogP contribution in [0.3, 0.4) is 0 Å². The molecular formula is C13H18N4S. The number of hydrogen-bond acceptors (Lipinski definition) is 5. The van der Waals surface area contributed by atoms with Gasteiger partial charge in [-0.15, -0.1) is 11.3 Å². The van der Waals surface area contributed by atoms with Gasteiger partial charge >= 0.3 is 0 Å². The van der Waals surface area contributed by atoms with Crippen LogP contribution in [0.15, 0.2) is 18.5 Å². The molecule has 2 rings (SSSR count). The van der Waals surface area contributed by atoms with E-state index in [0.29, 0.717) is 0 Å². The lowest BCUT2D eigenvalue weighted by atomic mass is 10.2. The van der Waals surface area contributed by atoms with Crippen LogP contribution < -0.4 is 5.32 Å². The van der Waals surface area contributed by atoms with Crippen molar-refractivity contribution in [3.8, 4) is 10.8 Å². The van der Waals surface area contributed by atoms with E-state index in [1.54, 1.807) is 23.7 Å². The van der Waals surface area contributed by atoms with E-state index in [1.165, 1.54) is 10.6 Å². The van der Waals surface area contributed by atoms with Gasteiger partial charge in [0.05, 0.1) is 5.69 Å². The minimum Gasteiger partial charge on any atom is -0.312 e. The first-order chi connectivity index (χ1) is 8.85. The van der Waals surface area contributed by atoms with Crippen LogP contribution in [-0.2, 0) is 13.0 Å². The van der Waals surface area contributed by atoms with Crippen molar-refractivity contribution in [2.45, 2.75) is 33.2 Å². The minimum absolute atomic E-state index is 0.725. The fourth-order valence-electron chi connectivity index (χ4n) is 1.70. The molecule has 4 nitrogen and oxygen atoms in total. The highest BCUT2D eigenvalue weighted by Gasteiger charge is 2.12. The Balaban J connectivity index is 2.27. The molecule has 0 aromatic carbocycles. The summed E-state index contributed by atoms with van der Waals surface area (Å²) in [5.74, 6) is 0.725. The van der Waals surface area contributed by atoms with Crippen LogP contribution in [0.5, 0.6) is 0 Å². The quantitative estimate of drug-likeness (QED) is 0.869. The van der Waals surface area contributed by atoms with Crippen molar-refractivity contribution >= 4 is 11.3 Å². The predicted octanol–water partition coefficient (Wildman–Crippen LogP) is 2.66. The Kier molecular flexibility index (Phi) is 4.78. The van der Waals surface area contributed by atoms with Crippen molar-refractivity contribution in [2.24, 2.45) is 0 Å². The monoisotopic (exact) mass is 262 g/mol. The number of aryl methyl sites for hydroxylation is 1. The molecule has 0 spiro atoms. The first-order valence-electron chi connectivity index (χ1n) is 6.31. The fraction of sp³-hybridized carbons (Fsp3) is 0.462. The largest absolute Gasteiger partial charge is 0.312 e. The maximum atomic E-state index is 4.68. The number of nitrogens with one attached hydrogen (secondary N) is 1. The van der Waals surface area contributed by atoms with Crippen molar-refractivity contribution in [3.05, 3.63) is 29.0 Å². The zero-order valence-corrected chi connectivity index (χ0v) is 11.6. The van der Waals surface area contributed by atoms with Gasteiger partial charge in [0.15, 0.2) is 10.8 Å². The van der Waals surface area contributed by atoms with Crippen LogP contribution in [0.1, 0.15) is 30.8 Å². The summed E-state index contributed by atoms with van der Waals surface area (Å²) >= 11 is 1.69. The van der Waals surface area contributed by atoms with Gasteiger partial charge in [-0.25, -0.2) is 15.0 Å². The topological polar surface area (TPSA) is 50.7 Å². The number of aromatic nitrogens is 3. The first kappa shape index (κ1) is 13.1. The van der Waals surface area contributed by atoms with E-state index in [1.807, 2.05) is 6.07 Å². The van der Waals surface area contributed by atoms with E-state index >= 15 is 0 Å². The van der Waals surface area contributed by atoms with Gasteiger partial charge in [-0.2, -0.15) is 0 Å². The lowest BCUT2D eigenvalue weighted by molar-refractivity contribution is 0.723. The Bertz CT molecular complexity index is 481. The van der Waals surface area contributed by atoms with Gasteiger partial charge in [-0.05, 0) is 19.0 Å². The van der Waals surface area contributed by atoms with Gasteiger partial charge in [0.1, 0.15) is 0 Å². The van der Waals surface area contributed by atoms with E-state index < -0.39 is 0 Å². The van der Waals surface area contributed by atoms with Crippen LogP contribution in [0.2, 0.25) is 0 Å². The Morgan fingerprint density at radius 3 is 2.67 bits per heavy atom. The molecule has 0 fully saturated rings. The second kappa shape index (κ2) is 6.56. The number of nitrogens with zero attached hydrogens (tertiary/aromatic N) is 3. The molecule has 96 valence electrons. The Morgan fingerprint density at radius 1 is 1.22 bits per heavy atom. The normalized spacial score (nSPS) is 10.8. The summed E-state index contributed by atoms with van der Waals surface area (Å²) in [5, 5.41) is 4.28. The summed E-state index contributed by atoms with van der Waals surface area (Å²) < 4.78 is 0. The van der Waals surface area contributed by atoms with Gasteiger partial charge < -0.3 is 5.32 Å². The maximum absolute atomic E-state index is 4.68. The molecule has 0 atom stereocenters. The molecule has 0 amide bonds. The van der Waals surface area contributed by atoms with Crippen LogP contribution >= 0.6 is 11.3 Å². The average molecular weight is 262 g/mol. The number of thiazole rings is 1. The van der Waals surface area contributed by atoms with Gasteiger partial charge in [-0.3, -0.25) is 0 Å². The molecule has 0 aliphatic heterocycles. The molecule has 2 aromatic heterocycles. The van der Waals surface area contributed by atoms with Gasteiger partial charge in [0.25, 0.3) is 0 Å². The molecule has 18 heavy (non-hydrogen) atoms. The molecule has 1 N–H and O–H groups in total. The third-order valence-electron chi connectivity index (χ3n) is 2.56. The van der Waals surface area contributed by atoms with Gasteiger partial charge in [0.2, 0.25) is 0 Å². The molecule has 0 unspecified atom stereocenters. The molecule has 0 saturated carbocycles. The maximum Gasteiger partial charge on any atom is 0.188 e. The summed E-state index contributed by atoms with van der Waals surface area (Å²) in [7, 11) is 0. The summed E-state index contributed by atoms with van der Waals surface area (Å²) in [6.45, 7) is 6.15. The molecule has 0 aliphatic carbocycles. The van der Waals surface area contributed by atoms with Crippen molar-refractivity contribution in [3.63, 3.8) is 0 Å². The van der Waals surface area contributed by atoms with E-state index in [0.717, 1.165) is 36.8 Å². The van der Waals surface area contributed by atoms with Crippen LogP contribution in [0, 0.1) is 0 Å². The third kappa shape index (κ3) is 3.11. The molecule has 0 aliphatic rings. The standard InChI is InChI=1S/C13H18N4S/c1-3-6-10-11(9-14-4-2)18-13(17-10)12-15-7-5-8-16-12/h5,7-8,14H,3-4,6,9H2,1-2H3. The van der Waals surface area contributed by atoms with Crippen LogP contribution in [0.4, 0.5) is 0 Å². The zero-order valence-electron chi connectivity index (χ0n) is 10.8. The molecule has 2 heterocycles. The summed E-state index contributed by atoms with van der Waals surface area (Å²) in [5.41, 5.74) is 1.19. The summed E-state index contributed by atoms with van der Waals surface area (Å²) in [6, 6.07) is 1.82. The summed E-state index contributed by atoms with van der Waals surface area (Å²) in [6.07, 6.45) is 5.64. The SMILES string of the molecule is CCCc1nc(-c2ncccn2)sc1CNCC. The third-order valence-corrected chi connectivity index (χ3v) is 3.65. The average Bonchev–Trinajstić information content (AvgIpc) is 2.81. The number of rotatable bonds is 6. The minimum atomic E-state index is 0.725. The van der Waals surface area contributed by atoms with E-state index in [4.69, 9.17) is 0 Å².